The van der Waals surface area contributed by atoms with Crippen LogP contribution in [0.5, 0.6) is 0 Å². The van der Waals surface area contributed by atoms with Crippen LogP contribution in [-0.4, -0.2) is 21.5 Å². The zero-order chi connectivity index (χ0) is 5.86. The summed E-state index contributed by atoms with van der Waals surface area (Å²) in [5.74, 6) is -1.44. The Kier molecular flexibility index (Phi) is 2.15. The zero-order valence-electron chi connectivity index (χ0n) is 3.13. The van der Waals surface area contributed by atoms with Gasteiger partial charge in [-0.15, -0.1) is 0 Å². The Bertz CT molecular complexity index is 110. The van der Waals surface area contributed by atoms with Crippen LogP contribution < -0.4 is 0 Å². The molecule has 0 rings (SSSR count). The lowest BCUT2D eigenvalue weighted by molar-refractivity contribution is -0.129. The summed E-state index contributed by atoms with van der Waals surface area (Å²) < 4.78 is 0. The van der Waals surface area contributed by atoms with Crippen molar-refractivity contribution in [3.05, 3.63) is 0 Å². The van der Waals surface area contributed by atoms with Crippen molar-refractivity contribution in [2.24, 2.45) is 5.16 Å². The Morgan fingerprint density at radius 3 is 2.14 bits per heavy atom. The maximum atomic E-state index is 9.51. The number of carboxylic acid groups (broad SMARTS) is 1. The van der Waals surface area contributed by atoms with Gasteiger partial charge in [0.2, 0.25) is 0 Å². The van der Waals surface area contributed by atoms with E-state index in [1.54, 1.807) is 0 Å². The molecule has 0 heterocycles. The predicted octanol–water partition coefficient (Wildman–Crippen LogP) is 0.0975. The van der Waals surface area contributed by atoms with Crippen LogP contribution in [0.2, 0.25) is 0 Å². The van der Waals surface area contributed by atoms with Gasteiger partial charge in [-0.25, -0.2) is 4.79 Å². The topological polar surface area (TPSA) is 69.9 Å². The van der Waals surface area contributed by atoms with E-state index >= 15 is 0 Å². The van der Waals surface area contributed by atoms with Crippen LogP contribution in [0.3, 0.4) is 0 Å². The highest BCUT2D eigenvalue weighted by molar-refractivity contribution is 6.81. The molecule has 40 valence electrons. The largest absolute Gasteiger partial charge is 0.476 e. The van der Waals surface area contributed by atoms with Gasteiger partial charge in [0.25, 0.3) is 5.17 Å². The first-order chi connectivity index (χ1) is 3.18. The van der Waals surface area contributed by atoms with E-state index in [2.05, 4.69) is 5.16 Å². The average molecular weight is 123 g/mol. The molecule has 0 amide bonds. The highest BCUT2D eigenvalue weighted by atomic mass is 35.5. The minimum atomic E-state index is -1.44. The SMILES string of the molecule is O=C(O)/C(Cl)=N\O. The lowest BCUT2D eigenvalue weighted by Gasteiger charge is -1.78. The Hall–Kier alpha value is -0.770. The first-order valence-corrected chi connectivity index (χ1v) is 1.67. The smallest absolute Gasteiger partial charge is 0.369 e. The number of hydrogen-bond donors (Lipinski definition) is 2. The summed E-state index contributed by atoms with van der Waals surface area (Å²) in [5, 5.41) is 16.7. The van der Waals surface area contributed by atoms with E-state index in [4.69, 9.17) is 21.9 Å². The summed E-state index contributed by atoms with van der Waals surface area (Å²) in [4.78, 5) is 9.51. The predicted molar refractivity (Wildman–Crippen MR) is 22.7 cm³/mol. The maximum absolute atomic E-state index is 9.51. The van der Waals surface area contributed by atoms with Crippen molar-refractivity contribution < 1.29 is 15.1 Å². The minimum absolute atomic E-state index is 0.833. The van der Waals surface area contributed by atoms with Gasteiger partial charge in [0, 0.05) is 0 Å². The van der Waals surface area contributed by atoms with E-state index in [-0.39, 0.29) is 0 Å². The number of aliphatic carboxylic acids is 1. The van der Waals surface area contributed by atoms with E-state index in [1.807, 2.05) is 0 Å². The summed E-state index contributed by atoms with van der Waals surface area (Å²) in [5.41, 5.74) is 0. The third kappa shape index (κ3) is 1.99. The molecule has 0 aliphatic heterocycles. The lowest BCUT2D eigenvalue weighted by atomic mass is 10.8. The van der Waals surface area contributed by atoms with E-state index < -0.39 is 11.1 Å². The summed E-state index contributed by atoms with van der Waals surface area (Å²) in [6.45, 7) is 0. The van der Waals surface area contributed by atoms with E-state index in [0.29, 0.717) is 0 Å². The Labute approximate surface area is 44.0 Å². The van der Waals surface area contributed by atoms with Gasteiger partial charge in [-0.1, -0.05) is 16.8 Å². The normalized spacial score (nSPS) is 11.3. The molecule has 0 fully saturated rings. The molecule has 0 saturated carbocycles. The molecule has 0 radical (unpaired) electrons. The summed E-state index contributed by atoms with van der Waals surface area (Å²) in [6.07, 6.45) is 0. The average Bonchev–Trinajstić information content (AvgIpc) is 1.65. The third-order valence-electron chi connectivity index (χ3n) is 0.264. The molecule has 0 aliphatic rings. The van der Waals surface area contributed by atoms with Gasteiger partial charge < -0.3 is 10.3 Å². The summed E-state index contributed by atoms with van der Waals surface area (Å²) >= 11 is 4.70. The van der Waals surface area contributed by atoms with Crippen LogP contribution in [-0.2, 0) is 4.79 Å². The fourth-order valence-corrected chi connectivity index (χ4v) is 0.0428. The molecule has 0 unspecified atom stereocenters. The van der Waals surface area contributed by atoms with Crippen LogP contribution in [0, 0.1) is 0 Å². The van der Waals surface area contributed by atoms with Crippen molar-refractivity contribution in [1.29, 1.82) is 0 Å². The van der Waals surface area contributed by atoms with Gasteiger partial charge in [0.1, 0.15) is 0 Å². The van der Waals surface area contributed by atoms with Crippen molar-refractivity contribution >= 4 is 22.7 Å². The molecule has 0 aromatic heterocycles. The number of halogens is 1. The van der Waals surface area contributed by atoms with Gasteiger partial charge >= 0.3 is 5.97 Å². The van der Waals surface area contributed by atoms with Gasteiger partial charge in [-0.3, -0.25) is 0 Å². The van der Waals surface area contributed by atoms with Crippen molar-refractivity contribution in [1.82, 2.24) is 0 Å². The standard InChI is InChI=1S/C2H2ClNO3/c3-1(4-7)2(5)6/h7H,(H,5,6)/b4-1+. The minimum Gasteiger partial charge on any atom is -0.476 e. The van der Waals surface area contributed by atoms with E-state index in [0.717, 1.165) is 0 Å². The lowest BCUT2D eigenvalue weighted by Crippen LogP contribution is -2.03. The Morgan fingerprint density at radius 2 is 2.14 bits per heavy atom. The molecule has 0 spiro atoms. The molecule has 0 bridgehead atoms. The first-order valence-electron chi connectivity index (χ1n) is 1.29. The molecule has 4 nitrogen and oxygen atoms in total. The maximum Gasteiger partial charge on any atom is 0.369 e. The van der Waals surface area contributed by atoms with Crippen molar-refractivity contribution in [2.45, 2.75) is 0 Å². The number of nitrogens with zero attached hydrogens (tertiary/aromatic N) is 1. The van der Waals surface area contributed by atoms with Gasteiger partial charge in [-0.05, 0) is 0 Å². The zero-order valence-corrected chi connectivity index (χ0v) is 3.88. The molecular weight excluding hydrogens is 121 g/mol. The second-order valence-electron chi connectivity index (χ2n) is 0.696. The first kappa shape index (κ1) is 6.23. The monoisotopic (exact) mass is 123 g/mol. The molecule has 0 aromatic rings. The molecule has 0 atom stereocenters. The fourth-order valence-electron chi connectivity index (χ4n) is 0.0428. The highest BCUT2D eigenvalue weighted by Crippen LogP contribution is 1.80. The molecule has 0 aliphatic carbocycles. The quantitative estimate of drug-likeness (QED) is 0.295. The molecule has 0 aromatic carbocycles. The molecule has 2 N–H and O–H groups in total. The van der Waals surface area contributed by atoms with Crippen molar-refractivity contribution in [3.63, 3.8) is 0 Å². The van der Waals surface area contributed by atoms with Crippen molar-refractivity contribution in [2.75, 3.05) is 0 Å². The number of hydrogen-bond acceptors (Lipinski definition) is 3. The second-order valence-corrected chi connectivity index (χ2v) is 1.05. The molecular formula is C2H2ClNO3. The Morgan fingerprint density at radius 1 is 1.71 bits per heavy atom. The van der Waals surface area contributed by atoms with Crippen LogP contribution in [0.25, 0.3) is 0 Å². The third-order valence-corrected chi connectivity index (χ3v) is 0.502. The second kappa shape index (κ2) is 2.41. The molecule has 0 saturated heterocycles. The van der Waals surface area contributed by atoms with Gasteiger partial charge in [0.15, 0.2) is 0 Å². The fraction of sp³-hybridized carbons (Fsp3) is 0. The van der Waals surface area contributed by atoms with E-state index in [1.165, 1.54) is 0 Å². The van der Waals surface area contributed by atoms with Crippen LogP contribution in [0.15, 0.2) is 5.16 Å². The van der Waals surface area contributed by atoms with E-state index in [9.17, 15) is 4.79 Å². The van der Waals surface area contributed by atoms with Crippen LogP contribution >= 0.6 is 11.6 Å². The van der Waals surface area contributed by atoms with Crippen LogP contribution in [0.4, 0.5) is 0 Å². The summed E-state index contributed by atoms with van der Waals surface area (Å²) in [6, 6.07) is 0. The van der Waals surface area contributed by atoms with Crippen LogP contribution in [0.1, 0.15) is 0 Å². The van der Waals surface area contributed by atoms with Crippen molar-refractivity contribution in [3.8, 4) is 0 Å². The number of rotatable bonds is 1. The Balaban J connectivity index is 3.82. The number of carbonyl (C=O) groups is 1. The summed E-state index contributed by atoms with van der Waals surface area (Å²) in [7, 11) is 0. The molecule has 7 heavy (non-hydrogen) atoms. The van der Waals surface area contributed by atoms with Gasteiger partial charge in [-0.2, -0.15) is 0 Å². The highest BCUT2D eigenvalue weighted by Gasteiger charge is 2.02. The number of oxime groups is 1. The number of carboxylic acids is 1. The molecule has 5 heteroatoms. The van der Waals surface area contributed by atoms with Gasteiger partial charge in [0.05, 0.1) is 0 Å².